The van der Waals surface area contributed by atoms with Crippen LogP contribution in [-0.2, 0) is 10.0 Å². The number of sulfonamides is 1. The lowest BCUT2D eigenvalue weighted by Gasteiger charge is -2.44. The number of rotatable bonds is 3. The number of aryl methyl sites for hydroxylation is 1. The fourth-order valence-corrected chi connectivity index (χ4v) is 6.02. The standard InChI is InChI=1S/C17H23F2NO2S/c1-12-5-7-14(8-6-12)16-13(2)4-3-9-20(16)23(21,22)15-10-17(18,19)11-15/h5-8,13,15-16H,3-4,9-11H2,1-2H3/t13-,16+/m1/s1. The minimum Gasteiger partial charge on any atom is -0.212 e. The van der Waals surface area contributed by atoms with Crippen LogP contribution in [0.2, 0.25) is 0 Å². The van der Waals surface area contributed by atoms with Crippen LogP contribution in [0.5, 0.6) is 0 Å². The van der Waals surface area contributed by atoms with E-state index in [2.05, 4.69) is 0 Å². The van der Waals surface area contributed by atoms with E-state index in [1.807, 2.05) is 38.1 Å². The maximum Gasteiger partial charge on any atom is 0.250 e. The van der Waals surface area contributed by atoms with E-state index in [-0.39, 0.29) is 12.0 Å². The fourth-order valence-electron chi connectivity index (χ4n) is 3.70. The lowest BCUT2D eigenvalue weighted by Crippen LogP contribution is -2.53. The summed E-state index contributed by atoms with van der Waals surface area (Å²) in [6.45, 7) is 4.45. The molecule has 0 N–H and O–H groups in total. The number of hydrogen-bond acceptors (Lipinski definition) is 2. The van der Waals surface area contributed by atoms with Crippen molar-refractivity contribution in [2.24, 2.45) is 5.92 Å². The molecule has 23 heavy (non-hydrogen) atoms. The third kappa shape index (κ3) is 3.15. The van der Waals surface area contributed by atoms with Crippen LogP contribution in [0.25, 0.3) is 0 Å². The summed E-state index contributed by atoms with van der Waals surface area (Å²) in [5.74, 6) is -2.64. The summed E-state index contributed by atoms with van der Waals surface area (Å²) in [5, 5.41) is -0.934. The van der Waals surface area contributed by atoms with Gasteiger partial charge < -0.3 is 0 Å². The maximum absolute atomic E-state index is 13.1. The third-order valence-electron chi connectivity index (χ3n) is 5.11. The van der Waals surface area contributed by atoms with E-state index in [9.17, 15) is 17.2 Å². The van der Waals surface area contributed by atoms with Gasteiger partial charge in [0.1, 0.15) is 0 Å². The first kappa shape index (κ1) is 16.8. The maximum atomic E-state index is 13.1. The van der Waals surface area contributed by atoms with Crippen LogP contribution in [0.3, 0.4) is 0 Å². The minimum atomic E-state index is -3.68. The van der Waals surface area contributed by atoms with Crippen molar-refractivity contribution in [2.75, 3.05) is 6.54 Å². The first-order valence-electron chi connectivity index (χ1n) is 8.16. The Morgan fingerprint density at radius 2 is 1.78 bits per heavy atom. The molecule has 1 aliphatic carbocycles. The molecule has 1 aliphatic heterocycles. The molecule has 0 aromatic heterocycles. The molecular formula is C17H23F2NO2S. The van der Waals surface area contributed by atoms with E-state index in [0.29, 0.717) is 6.54 Å². The predicted molar refractivity (Wildman–Crippen MR) is 85.9 cm³/mol. The Kier molecular flexibility index (Phi) is 4.25. The van der Waals surface area contributed by atoms with E-state index < -0.39 is 34.0 Å². The Morgan fingerprint density at radius 1 is 1.17 bits per heavy atom. The molecule has 0 spiro atoms. The van der Waals surface area contributed by atoms with Gasteiger partial charge in [-0.15, -0.1) is 0 Å². The van der Waals surface area contributed by atoms with Crippen LogP contribution < -0.4 is 0 Å². The molecule has 2 aliphatic rings. The zero-order chi connectivity index (χ0) is 16.8. The normalized spacial score (nSPS) is 29.2. The molecular weight excluding hydrogens is 320 g/mol. The van der Waals surface area contributed by atoms with Crippen molar-refractivity contribution in [3.05, 3.63) is 35.4 Å². The van der Waals surface area contributed by atoms with E-state index in [1.54, 1.807) is 0 Å². The molecule has 2 fully saturated rings. The molecule has 0 radical (unpaired) electrons. The average molecular weight is 343 g/mol. The van der Waals surface area contributed by atoms with E-state index in [0.717, 1.165) is 24.0 Å². The molecule has 1 heterocycles. The zero-order valence-electron chi connectivity index (χ0n) is 13.5. The summed E-state index contributed by atoms with van der Waals surface area (Å²) in [6, 6.07) is 7.61. The van der Waals surface area contributed by atoms with E-state index in [1.165, 1.54) is 4.31 Å². The highest BCUT2D eigenvalue weighted by Gasteiger charge is 2.54. The summed E-state index contributed by atoms with van der Waals surface area (Å²) in [7, 11) is -3.68. The monoisotopic (exact) mass is 343 g/mol. The van der Waals surface area contributed by atoms with Gasteiger partial charge in [0.15, 0.2) is 0 Å². The summed E-state index contributed by atoms with van der Waals surface area (Å²) in [6.07, 6.45) is 0.652. The summed E-state index contributed by atoms with van der Waals surface area (Å²) in [5.41, 5.74) is 2.07. The van der Waals surface area contributed by atoms with Crippen molar-refractivity contribution in [3.63, 3.8) is 0 Å². The van der Waals surface area contributed by atoms with Crippen LogP contribution in [0, 0.1) is 12.8 Å². The second kappa shape index (κ2) is 5.81. The first-order chi connectivity index (χ1) is 10.7. The average Bonchev–Trinajstić information content (AvgIpc) is 2.45. The second-order valence-electron chi connectivity index (χ2n) is 7.02. The number of hydrogen-bond donors (Lipinski definition) is 0. The number of nitrogens with zero attached hydrogens (tertiary/aromatic N) is 1. The van der Waals surface area contributed by atoms with Gasteiger partial charge in [0.25, 0.3) is 5.92 Å². The van der Waals surface area contributed by atoms with Crippen molar-refractivity contribution in [1.82, 2.24) is 4.31 Å². The number of piperidine rings is 1. The van der Waals surface area contributed by atoms with Gasteiger partial charge >= 0.3 is 0 Å². The molecule has 3 nitrogen and oxygen atoms in total. The van der Waals surface area contributed by atoms with Crippen molar-refractivity contribution in [2.45, 2.75) is 56.7 Å². The van der Waals surface area contributed by atoms with Gasteiger partial charge in [0.2, 0.25) is 10.0 Å². The Labute approximate surface area is 136 Å². The van der Waals surface area contributed by atoms with Crippen molar-refractivity contribution >= 4 is 10.0 Å². The molecule has 128 valence electrons. The lowest BCUT2D eigenvalue weighted by atomic mass is 9.87. The first-order valence-corrected chi connectivity index (χ1v) is 9.66. The van der Waals surface area contributed by atoms with Gasteiger partial charge in [0, 0.05) is 19.4 Å². The van der Waals surface area contributed by atoms with Gasteiger partial charge in [-0.3, -0.25) is 0 Å². The highest BCUT2D eigenvalue weighted by atomic mass is 32.2. The molecule has 6 heteroatoms. The minimum absolute atomic E-state index is 0.182. The molecule has 0 bridgehead atoms. The van der Waals surface area contributed by atoms with E-state index in [4.69, 9.17) is 0 Å². The highest BCUT2D eigenvalue weighted by Crippen LogP contribution is 2.46. The molecule has 1 aromatic rings. The van der Waals surface area contributed by atoms with Crippen molar-refractivity contribution in [3.8, 4) is 0 Å². The molecule has 1 saturated heterocycles. The zero-order valence-corrected chi connectivity index (χ0v) is 14.3. The molecule has 3 rings (SSSR count). The van der Waals surface area contributed by atoms with Gasteiger partial charge in [-0.05, 0) is 31.2 Å². The Balaban J connectivity index is 1.90. The molecule has 0 amide bonds. The topological polar surface area (TPSA) is 37.4 Å². The van der Waals surface area contributed by atoms with Crippen molar-refractivity contribution in [1.29, 1.82) is 0 Å². The van der Waals surface area contributed by atoms with Crippen LogP contribution in [-0.4, -0.2) is 30.4 Å². The van der Waals surface area contributed by atoms with Crippen LogP contribution in [0.15, 0.2) is 24.3 Å². The molecule has 2 atom stereocenters. The quantitative estimate of drug-likeness (QED) is 0.835. The summed E-state index contributed by atoms with van der Waals surface area (Å²) in [4.78, 5) is 0. The van der Waals surface area contributed by atoms with E-state index >= 15 is 0 Å². The highest BCUT2D eigenvalue weighted by molar-refractivity contribution is 7.89. The Hall–Kier alpha value is -1.01. The third-order valence-corrected chi connectivity index (χ3v) is 7.35. The number of alkyl halides is 2. The van der Waals surface area contributed by atoms with Gasteiger partial charge in [-0.25, -0.2) is 17.2 Å². The molecule has 1 saturated carbocycles. The van der Waals surface area contributed by atoms with Crippen LogP contribution in [0.1, 0.15) is 49.8 Å². The summed E-state index contributed by atoms with van der Waals surface area (Å²) >= 11 is 0. The largest absolute Gasteiger partial charge is 0.250 e. The number of benzene rings is 1. The smallest absolute Gasteiger partial charge is 0.212 e. The predicted octanol–water partition coefficient (Wildman–Crippen LogP) is 3.90. The van der Waals surface area contributed by atoms with Gasteiger partial charge in [-0.2, -0.15) is 4.31 Å². The molecule has 1 aromatic carbocycles. The van der Waals surface area contributed by atoms with Gasteiger partial charge in [-0.1, -0.05) is 36.8 Å². The SMILES string of the molecule is Cc1ccc([C@@H]2[C@H](C)CCCN2S(=O)(=O)C2CC(F)(F)C2)cc1. The van der Waals surface area contributed by atoms with Crippen molar-refractivity contribution < 1.29 is 17.2 Å². The second-order valence-corrected chi connectivity index (χ2v) is 9.18. The lowest BCUT2D eigenvalue weighted by molar-refractivity contribution is -0.0699. The van der Waals surface area contributed by atoms with Crippen LogP contribution in [0.4, 0.5) is 8.78 Å². The number of halogens is 2. The summed E-state index contributed by atoms with van der Waals surface area (Å²) < 4.78 is 53.5. The Morgan fingerprint density at radius 3 is 2.35 bits per heavy atom. The van der Waals surface area contributed by atoms with Crippen LogP contribution >= 0.6 is 0 Å². The van der Waals surface area contributed by atoms with Gasteiger partial charge in [0.05, 0.1) is 11.3 Å². The molecule has 0 unspecified atom stereocenters. The Bertz CT molecular complexity index is 664. The fraction of sp³-hybridized carbons (Fsp3) is 0.647.